The molecule has 126 valence electrons. The van der Waals surface area contributed by atoms with Crippen LogP contribution in [0.25, 0.3) is 0 Å². The minimum Gasteiger partial charge on any atom is -0.423 e. The fourth-order valence-electron chi connectivity index (χ4n) is 1.77. The van der Waals surface area contributed by atoms with E-state index in [1.807, 2.05) is 6.92 Å². The Hall–Kier alpha value is -2.44. The van der Waals surface area contributed by atoms with E-state index < -0.39 is 16.1 Å². The van der Waals surface area contributed by atoms with Crippen molar-refractivity contribution in [3.8, 4) is 5.75 Å². The van der Waals surface area contributed by atoms with E-state index in [0.29, 0.717) is 16.9 Å². The second-order valence-corrected chi connectivity index (χ2v) is 6.96. The number of aryl methyl sites for hydroxylation is 1. The first-order valence-corrected chi connectivity index (χ1v) is 8.61. The molecule has 0 fully saturated rings. The molecule has 0 heterocycles. The van der Waals surface area contributed by atoms with Gasteiger partial charge in [-0.2, -0.15) is 8.42 Å². The Kier molecular flexibility index (Phi) is 5.54. The monoisotopic (exact) mass is 346 g/mol. The van der Waals surface area contributed by atoms with Crippen LogP contribution in [0.3, 0.4) is 0 Å². The Labute approximate surface area is 141 Å². The Bertz CT molecular complexity index is 834. The van der Waals surface area contributed by atoms with Crippen LogP contribution in [0.2, 0.25) is 0 Å². The zero-order valence-electron chi connectivity index (χ0n) is 13.5. The van der Waals surface area contributed by atoms with E-state index in [9.17, 15) is 13.2 Å². The molecule has 0 aromatic heterocycles. The zero-order valence-corrected chi connectivity index (χ0v) is 14.3. The van der Waals surface area contributed by atoms with Gasteiger partial charge in [0.05, 0.1) is 11.5 Å². The van der Waals surface area contributed by atoms with Gasteiger partial charge in [0.25, 0.3) is 10.1 Å². The first-order valence-electron chi connectivity index (χ1n) is 7.21. The normalized spacial score (nSPS) is 11.1. The number of rotatable bonds is 6. The maximum atomic E-state index is 12.1. The van der Waals surface area contributed by atoms with Crippen LogP contribution >= 0.6 is 0 Å². The van der Waals surface area contributed by atoms with Crippen LogP contribution in [-0.2, 0) is 25.7 Å². The molecule has 6 heteroatoms. The lowest BCUT2D eigenvalue weighted by molar-refractivity contribution is -0.130. The van der Waals surface area contributed by atoms with Crippen LogP contribution in [0.1, 0.15) is 18.1 Å². The Morgan fingerprint density at radius 2 is 1.62 bits per heavy atom. The van der Waals surface area contributed by atoms with Crippen LogP contribution in [-0.4, -0.2) is 14.4 Å². The lowest BCUT2D eigenvalue weighted by atomic mass is 10.2. The molecular weight excluding hydrogens is 328 g/mol. The molecule has 5 nitrogen and oxygen atoms in total. The smallest absolute Gasteiger partial charge is 0.338 e. The molecule has 0 aliphatic rings. The van der Waals surface area contributed by atoms with Gasteiger partial charge in [-0.05, 0) is 43.7 Å². The van der Waals surface area contributed by atoms with Crippen molar-refractivity contribution in [1.82, 2.24) is 0 Å². The van der Waals surface area contributed by atoms with E-state index in [1.165, 1.54) is 12.1 Å². The molecule has 0 bridgehead atoms. The number of carbonyl (C=O) groups excluding carboxylic acids is 1. The number of hydrogen-bond acceptors (Lipinski definition) is 5. The highest BCUT2D eigenvalue weighted by Gasteiger charge is 2.15. The summed E-state index contributed by atoms with van der Waals surface area (Å²) >= 11 is 0. The van der Waals surface area contributed by atoms with Gasteiger partial charge in [0, 0.05) is 5.57 Å². The quantitative estimate of drug-likeness (QED) is 0.347. The Morgan fingerprint density at radius 3 is 2.17 bits per heavy atom. The first kappa shape index (κ1) is 17.9. The highest BCUT2D eigenvalue weighted by atomic mass is 32.2. The van der Waals surface area contributed by atoms with E-state index >= 15 is 0 Å². The lowest BCUT2D eigenvalue weighted by Gasteiger charge is -2.07. The molecule has 24 heavy (non-hydrogen) atoms. The van der Waals surface area contributed by atoms with Gasteiger partial charge in [-0.3, -0.25) is 4.18 Å². The molecule has 0 radical (unpaired) electrons. The summed E-state index contributed by atoms with van der Waals surface area (Å²) in [4.78, 5) is 11.5. The highest BCUT2D eigenvalue weighted by Crippen LogP contribution is 2.18. The number of esters is 1. The molecular formula is C18H18O5S. The summed E-state index contributed by atoms with van der Waals surface area (Å²) < 4.78 is 34.3. The molecule has 0 N–H and O–H groups in total. The Morgan fingerprint density at radius 1 is 1.04 bits per heavy atom. The SMILES string of the molecule is C=C(C)C(=O)Oc1ccc(COS(=O)(=O)c2ccc(C)cc2)cc1. The second kappa shape index (κ2) is 7.42. The van der Waals surface area contributed by atoms with Crippen molar-refractivity contribution in [2.24, 2.45) is 0 Å². The van der Waals surface area contributed by atoms with Gasteiger partial charge < -0.3 is 4.74 Å². The maximum Gasteiger partial charge on any atom is 0.338 e. The molecule has 0 atom stereocenters. The molecule has 2 aromatic carbocycles. The minimum absolute atomic E-state index is 0.106. The first-order chi connectivity index (χ1) is 11.3. The number of carbonyl (C=O) groups is 1. The zero-order chi connectivity index (χ0) is 17.7. The number of hydrogen-bond donors (Lipinski definition) is 0. The average molecular weight is 346 g/mol. The van der Waals surface area contributed by atoms with Gasteiger partial charge in [-0.1, -0.05) is 36.4 Å². The van der Waals surface area contributed by atoms with E-state index in [4.69, 9.17) is 8.92 Å². The van der Waals surface area contributed by atoms with Gasteiger partial charge in [-0.15, -0.1) is 0 Å². The minimum atomic E-state index is -3.81. The van der Waals surface area contributed by atoms with Crippen LogP contribution in [0.5, 0.6) is 5.75 Å². The highest BCUT2D eigenvalue weighted by molar-refractivity contribution is 7.86. The molecule has 0 saturated carbocycles. The standard InChI is InChI=1S/C18H18O5S/c1-13(2)18(19)23-16-8-6-15(7-9-16)12-22-24(20,21)17-10-4-14(3)5-11-17/h4-11H,1,12H2,2-3H3. The third-order valence-corrected chi connectivity index (χ3v) is 4.45. The van der Waals surface area contributed by atoms with Gasteiger partial charge in [0.1, 0.15) is 5.75 Å². The fourth-order valence-corrected chi connectivity index (χ4v) is 2.66. The Balaban J connectivity index is 2.00. The molecule has 0 aliphatic heterocycles. The van der Waals surface area contributed by atoms with Crippen molar-refractivity contribution in [3.05, 3.63) is 71.8 Å². The van der Waals surface area contributed by atoms with E-state index in [0.717, 1.165) is 5.56 Å². The molecule has 0 spiro atoms. The predicted molar refractivity (Wildman–Crippen MR) is 90.0 cm³/mol. The maximum absolute atomic E-state index is 12.1. The molecule has 0 unspecified atom stereocenters. The van der Waals surface area contributed by atoms with Crippen LogP contribution in [0.15, 0.2) is 65.6 Å². The second-order valence-electron chi connectivity index (χ2n) is 5.34. The largest absolute Gasteiger partial charge is 0.423 e. The van der Waals surface area contributed by atoms with Crippen molar-refractivity contribution < 1.29 is 22.1 Å². The van der Waals surface area contributed by atoms with Crippen LogP contribution in [0.4, 0.5) is 0 Å². The molecule has 0 saturated heterocycles. The summed E-state index contributed by atoms with van der Waals surface area (Å²) in [6.45, 7) is 6.82. The van der Waals surface area contributed by atoms with Crippen molar-refractivity contribution in [1.29, 1.82) is 0 Å². The van der Waals surface area contributed by atoms with E-state index in [1.54, 1.807) is 43.3 Å². The third-order valence-electron chi connectivity index (χ3n) is 3.17. The molecule has 0 aliphatic carbocycles. The predicted octanol–water partition coefficient (Wildman–Crippen LogP) is 3.38. The van der Waals surface area contributed by atoms with Crippen molar-refractivity contribution in [2.45, 2.75) is 25.3 Å². The lowest BCUT2D eigenvalue weighted by Crippen LogP contribution is -2.08. The van der Waals surface area contributed by atoms with Crippen molar-refractivity contribution in [3.63, 3.8) is 0 Å². The number of ether oxygens (including phenoxy) is 1. The summed E-state index contributed by atoms with van der Waals surface area (Å²) in [7, 11) is -3.81. The van der Waals surface area contributed by atoms with Crippen molar-refractivity contribution in [2.75, 3.05) is 0 Å². The molecule has 2 rings (SSSR count). The van der Waals surface area contributed by atoms with E-state index in [-0.39, 0.29) is 11.5 Å². The van der Waals surface area contributed by atoms with Crippen molar-refractivity contribution >= 4 is 16.1 Å². The molecule has 0 amide bonds. The topological polar surface area (TPSA) is 69.7 Å². The summed E-state index contributed by atoms with van der Waals surface area (Å²) in [6.07, 6.45) is 0. The van der Waals surface area contributed by atoms with Gasteiger partial charge >= 0.3 is 5.97 Å². The fraction of sp³-hybridized carbons (Fsp3) is 0.167. The number of benzene rings is 2. The van der Waals surface area contributed by atoms with Gasteiger partial charge in [-0.25, -0.2) is 4.79 Å². The van der Waals surface area contributed by atoms with Gasteiger partial charge in [0.2, 0.25) is 0 Å². The van der Waals surface area contributed by atoms with Crippen LogP contribution in [0, 0.1) is 6.92 Å². The third kappa shape index (κ3) is 4.78. The van der Waals surface area contributed by atoms with E-state index in [2.05, 4.69) is 6.58 Å². The average Bonchev–Trinajstić information content (AvgIpc) is 2.54. The molecule has 2 aromatic rings. The summed E-state index contributed by atoms with van der Waals surface area (Å²) in [5, 5.41) is 0. The van der Waals surface area contributed by atoms with Crippen LogP contribution < -0.4 is 4.74 Å². The summed E-state index contributed by atoms with van der Waals surface area (Å²) in [5.41, 5.74) is 1.90. The summed E-state index contributed by atoms with van der Waals surface area (Å²) in [6, 6.07) is 12.8. The van der Waals surface area contributed by atoms with Gasteiger partial charge in [0.15, 0.2) is 0 Å². The summed E-state index contributed by atoms with van der Waals surface area (Å²) in [5.74, 6) is -0.158.